The summed E-state index contributed by atoms with van der Waals surface area (Å²) >= 11 is 0. The van der Waals surface area contributed by atoms with Gasteiger partial charge in [0.1, 0.15) is 12.4 Å². The van der Waals surface area contributed by atoms with Gasteiger partial charge in [0, 0.05) is 19.6 Å². The number of hydrogen-bond donors (Lipinski definition) is 0. The lowest BCUT2D eigenvalue weighted by molar-refractivity contribution is 0.0458. The molecule has 31 heavy (non-hydrogen) atoms. The van der Waals surface area contributed by atoms with E-state index < -0.39 is 16.0 Å². The smallest absolute Gasteiger partial charge is 0.338 e. The van der Waals surface area contributed by atoms with Crippen LogP contribution in [0.5, 0.6) is 0 Å². The standard InChI is InChI=1S/C23H27N3O4S/c1-3-26-21-12-11-19(31(28,29)25-13-5-4-6-14-25)15-20(21)24-22(26)16-30-23(27)18-9-7-17(2)8-10-18/h7-12,15H,3-6,13-14,16H2,1-2H3. The number of imidazole rings is 1. The second-order valence-electron chi connectivity index (χ2n) is 7.83. The highest BCUT2D eigenvalue weighted by molar-refractivity contribution is 7.89. The summed E-state index contributed by atoms with van der Waals surface area (Å²) in [4.78, 5) is 17.2. The van der Waals surface area contributed by atoms with Gasteiger partial charge in [-0.3, -0.25) is 0 Å². The molecule has 1 saturated heterocycles. The van der Waals surface area contributed by atoms with Crippen LogP contribution in [0.15, 0.2) is 47.4 Å². The fourth-order valence-electron chi connectivity index (χ4n) is 3.94. The molecule has 164 valence electrons. The number of benzene rings is 2. The van der Waals surface area contributed by atoms with Crippen LogP contribution in [0.25, 0.3) is 11.0 Å². The maximum absolute atomic E-state index is 13.0. The summed E-state index contributed by atoms with van der Waals surface area (Å²) in [7, 11) is -3.53. The molecular weight excluding hydrogens is 414 g/mol. The van der Waals surface area contributed by atoms with Crippen LogP contribution in [-0.4, -0.2) is 41.3 Å². The Morgan fingerprint density at radius 1 is 1.06 bits per heavy atom. The molecule has 1 fully saturated rings. The Kier molecular flexibility index (Phi) is 6.11. The highest BCUT2D eigenvalue weighted by Crippen LogP contribution is 2.25. The number of fused-ring (bicyclic) bond motifs is 1. The first-order valence-corrected chi connectivity index (χ1v) is 12.1. The zero-order chi connectivity index (χ0) is 22.0. The predicted molar refractivity (Wildman–Crippen MR) is 118 cm³/mol. The van der Waals surface area contributed by atoms with Crippen molar-refractivity contribution in [3.8, 4) is 0 Å². The molecule has 0 unspecified atom stereocenters. The molecule has 2 aromatic carbocycles. The summed E-state index contributed by atoms with van der Waals surface area (Å²) in [5.41, 5.74) is 2.96. The molecule has 1 aliphatic rings. The second kappa shape index (κ2) is 8.80. The highest BCUT2D eigenvalue weighted by atomic mass is 32.2. The number of carbonyl (C=O) groups is 1. The van der Waals surface area contributed by atoms with Crippen molar-refractivity contribution in [2.45, 2.75) is 51.2 Å². The monoisotopic (exact) mass is 441 g/mol. The zero-order valence-corrected chi connectivity index (χ0v) is 18.7. The molecule has 0 amide bonds. The fraction of sp³-hybridized carbons (Fsp3) is 0.391. The first-order chi connectivity index (χ1) is 14.9. The fourth-order valence-corrected chi connectivity index (χ4v) is 5.48. The quantitative estimate of drug-likeness (QED) is 0.542. The molecule has 0 radical (unpaired) electrons. The Hall–Kier alpha value is -2.71. The number of aryl methyl sites for hydroxylation is 2. The normalized spacial score (nSPS) is 15.3. The van der Waals surface area contributed by atoms with Crippen LogP contribution < -0.4 is 0 Å². The number of piperidine rings is 1. The lowest BCUT2D eigenvalue weighted by Crippen LogP contribution is -2.35. The molecule has 1 aromatic heterocycles. The van der Waals surface area contributed by atoms with Gasteiger partial charge in [0.25, 0.3) is 0 Å². The van der Waals surface area contributed by atoms with Crippen molar-refractivity contribution >= 4 is 27.0 Å². The molecule has 1 aliphatic heterocycles. The van der Waals surface area contributed by atoms with Crippen LogP contribution in [0.3, 0.4) is 0 Å². The summed E-state index contributed by atoms with van der Waals surface area (Å²) in [6, 6.07) is 12.2. The van der Waals surface area contributed by atoms with Gasteiger partial charge in [0.05, 0.1) is 21.5 Å². The van der Waals surface area contributed by atoms with Crippen LogP contribution in [0.4, 0.5) is 0 Å². The minimum atomic E-state index is -3.53. The maximum atomic E-state index is 13.0. The Bertz CT molecular complexity index is 1190. The number of sulfonamides is 1. The van der Waals surface area contributed by atoms with E-state index in [0.717, 1.165) is 30.3 Å². The van der Waals surface area contributed by atoms with Gasteiger partial charge in [-0.05, 0) is 57.0 Å². The maximum Gasteiger partial charge on any atom is 0.338 e. The molecule has 0 aliphatic carbocycles. The van der Waals surface area contributed by atoms with Crippen molar-refractivity contribution in [3.05, 3.63) is 59.4 Å². The van der Waals surface area contributed by atoms with Crippen molar-refractivity contribution in [2.75, 3.05) is 13.1 Å². The number of carbonyl (C=O) groups excluding carboxylic acids is 1. The third-order valence-electron chi connectivity index (χ3n) is 5.69. The largest absolute Gasteiger partial charge is 0.454 e. The number of nitrogens with zero attached hydrogens (tertiary/aromatic N) is 3. The molecule has 0 spiro atoms. The van der Waals surface area contributed by atoms with Crippen LogP contribution >= 0.6 is 0 Å². The third-order valence-corrected chi connectivity index (χ3v) is 7.58. The lowest BCUT2D eigenvalue weighted by atomic mass is 10.1. The zero-order valence-electron chi connectivity index (χ0n) is 17.9. The number of rotatable bonds is 6. The minimum Gasteiger partial charge on any atom is -0.454 e. The summed E-state index contributed by atoms with van der Waals surface area (Å²) in [6.45, 7) is 5.70. The van der Waals surface area contributed by atoms with Crippen LogP contribution in [-0.2, 0) is 27.9 Å². The summed E-state index contributed by atoms with van der Waals surface area (Å²) in [6.07, 6.45) is 2.85. The molecule has 0 bridgehead atoms. The summed E-state index contributed by atoms with van der Waals surface area (Å²) in [5, 5.41) is 0. The van der Waals surface area contributed by atoms with Crippen LogP contribution in [0.2, 0.25) is 0 Å². The third kappa shape index (κ3) is 4.36. The van der Waals surface area contributed by atoms with E-state index in [0.29, 0.717) is 36.5 Å². The highest BCUT2D eigenvalue weighted by Gasteiger charge is 2.26. The average Bonchev–Trinajstić information content (AvgIpc) is 3.15. The summed E-state index contributed by atoms with van der Waals surface area (Å²) in [5.74, 6) is 0.175. The van der Waals surface area contributed by atoms with Gasteiger partial charge < -0.3 is 9.30 Å². The van der Waals surface area contributed by atoms with Gasteiger partial charge in [0.2, 0.25) is 10.0 Å². The molecule has 7 nitrogen and oxygen atoms in total. The van der Waals surface area contributed by atoms with Gasteiger partial charge in [-0.15, -0.1) is 0 Å². The second-order valence-corrected chi connectivity index (χ2v) is 9.77. The van der Waals surface area contributed by atoms with Crippen molar-refractivity contribution in [3.63, 3.8) is 0 Å². The van der Waals surface area contributed by atoms with E-state index in [1.165, 1.54) is 0 Å². The van der Waals surface area contributed by atoms with E-state index in [2.05, 4.69) is 4.98 Å². The van der Waals surface area contributed by atoms with E-state index in [1.807, 2.05) is 30.5 Å². The molecule has 0 atom stereocenters. The average molecular weight is 442 g/mol. The van der Waals surface area contributed by atoms with E-state index in [4.69, 9.17) is 4.74 Å². The Balaban J connectivity index is 1.58. The van der Waals surface area contributed by atoms with Crippen molar-refractivity contribution in [1.82, 2.24) is 13.9 Å². The van der Waals surface area contributed by atoms with Gasteiger partial charge >= 0.3 is 5.97 Å². The predicted octanol–water partition coefficient (Wildman–Crippen LogP) is 3.90. The number of aromatic nitrogens is 2. The molecular formula is C23H27N3O4S. The Labute approximate surface area is 182 Å². The summed E-state index contributed by atoms with van der Waals surface area (Å²) < 4.78 is 35.0. The molecule has 4 rings (SSSR count). The Morgan fingerprint density at radius 2 is 1.77 bits per heavy atom. The molecule has 0 N–H and O–H groups in total. The molecule has 0 saturated carbocycles. The van der Waals surface area contributed by atoms with E-state index in [-0.39, 0.29) is 11.5 Å². The topological polar surface area (TPSA) is 81.5 Å². The van der Waals surface area contributed by atoms with Crippen molar-refractivity contribution in [2.24, 2.45) is 0 Å². The SMILES string of the molecule is CCn1c(COC(=O)c2ccc(C)cc2)nc2cc(S(=O)(=O)N3CCCCC3)ccc21. The molecule has 2 heterocycles. The number of esters is 1. The van der Waals surface area contributed by atoms with Gasteiger partial charge in [-0.25, -0.2) is 18.2 Å². The van der Waals surface area contributed by atoms with E-state index in [9.17, 15) is 13.2 Å². The van der Waals surface area contributed by atoms with Crippen LogP contribution in [0.1, 0.15) is 47.9 Å². The van der Waals surface area contributed by atoms with Crippen LogP contribution in [0, 0.1) is 6.92 Å². The first-order valence-electron chi connectivity index (χ1n) is 10.6. The lowest BCUT2D eigenvalue weighted by Gasteiger charge is -2.25. The van der Waals surface area contributed by atoms with Gasteiger partial charge in [-0.1, -0.05) is 24.1 Å². The molecule has 8 heteroatoms. The first kappa shape index (κ1) is 21.5. The van der Waals surface area contributed by atoms with E-state index in [1.54, 1.807) is 34.6 Å². The van der Waals surface area contributed by atoms with Crippen molar-refractivity contribution in [1.29, 1.82) is 0 Å². The van der Waals surface area contributed by atoms with Crippen molar-refractivity contribution < 1.29 is 17.9 Å². The number of ether oxygens (including phenoxy) is 1. The minimum absolute atomic E-state index is 0.0173. The molecule has 3 aromatic rings. The number of hydrogen-bond acceptors (Lipinski definition) is 5. The Morgan fingerprint density at radius 3 is 2.45 bits per heavy atom. The van der Waals surface area contributed by atoms with Gasteiger partial charge in [0.15, 0.2) is 0 Å². The van der Waals surface area contributed by atoms with Gasteiger partial charge in [-0.2, -0.15) is 4.31 Å². The van der Waals surface area contributed by atoms with E-state index >= 15 is 0 Å².